The van der Waals surface area contributed by atoms with Gasteiger partial charge >= 0.3 is 10.2 Å². The van der Waals surface area contributed by atoms with Gasteiger partial charge in [0.1, 0.15) is 5.82 Å². The molecule has 10 heteroatoms. The minimum absolute atomic E-state index is 0.265. The highest BCUT2D eigenvalue weighted by atomic mass is 35.5. The number of nitrogens with zero attached hydrogens (tertiary/aromatic N) is 4. The highest BCUT2D eigenvalue weighted by Crippen LogP contribution is 2.32. The van der Waals surface area contributed by atoms with Gasteiger partial charge in [0, 0.05) is 18.1 Å². The van der Waals surface area contributed by atoms with Crippen LogP contribution in [0.4, 0.5) is 4.39 Å². The SMILES string of the molecule is CSC(=NS(=O)(=O)N1CCCCC1)N1CC(c2ccccc2F)C(c2ccc(Cl)cc2)=N1. The Balaban J connectivity index is 1.71. The molecule has 1 saturated heterocycles. The molecule has 2 heterocycles. The van der Waals surface area contributed by atoms with Gasteiger partial charge in [0.25, 0.3) is 0 Å². The minimum atomic E-state index is -3.81. The Morgan fingerprint density at radius 2 is 1.81 bits per heavy atom. The Hall–Kier alpha value is -1.94. The van der Waals surface area contributed by atoms with Gasteiger partial charge in [0.2, 0.25) is 0 Å². The Bertz CT molecular complexity index is 1130. The zero-order valence-electron chi connectivity index (χ0n) is 17.6. The maximum atomic E-state index is 14.7. The van der Waals surface area contributed by atoms with E-state index in [1.807, 2.05) is 12.1 Å². The van der Waals surface area contributed by atoms with Gasteiger partial charge in [-0.05, 0) is 48.4 Å². The number of thioether (sulfide) groups is 1. The molecule has 0 amide bonds. The molecule has 32 heavy (non-hydrogen) atoms. The van der Waals surface area contributed by atoms with Crippen molar-refractivity contribution in [3.63, 3.8) is 0 Å². The van der Waals surface area contributed by atoms with Crippen LogP contribution in [0, 0.1) is 5.82 Å². The van der Waals surface area contributed by atoms with Gasteiger partial charge in [-0.3, -0.25) is 0 Å². The van der Waals surface area contributed by atoms with Crippen LogP contribution < -0.4 is 0 Å². The molecule has 2 aromatic carbocycles. The van der Waals surface area contributed by atoms with Crippen LogP contribution in [0.25, 0.3) is 0 Å². The van der Waals surface area contributed by atoms with Crippen molar-refractivity contribution in [2.45, 2.75) is 25.2 Å². The van der Waals surface area contributed by atoms with Gasteiger partial charge in [-0.15, -0.1) is 4.40 Å². The maximum absolute atomic E-state index is 14.7. The van der Waals surface area contributed by atoms with Crippen molar-refractivity contribution in [1.82, 2.24) is 9.31 Å². The molecule has 1 unspecified atom stereocenters. The van der Waals surface area contributed by atoms with E-state index in [-0.39, 0.29) is 23.4 Å². The Labute approximate surface area is 197 Å². The highest BCUT2D eigenvalue weighted by Gasteiger charge is 2.34. The molecule has 0 aliphatic carbocycles. The minimum Gasteiger partial charge on any atom is -0.240 e. The van der Waals surface area contributed by atoms with E-state index in [9.17, 15) is 12.8 Å². The molecule has 1 atom stereocenters. The first kappa shape index (κ1) is 23.2. The van der Waals surface area contributed by atoms with E-state index in [0.717, 1.165) is 24.8 Å². The van der Waals surface area contributed by atoms with E-state index in [0.29, 0.717) is 29.4 Å². The molecule has 2 aromatic rings. The van der Waals surface area contributed by atoms with Crippen LogP contribution in [0.1, 0.15) is 36.3 Å². The third-order valence-electron chi connectivity index (χ3n) is 5.57. The van der Waals surface area contributed by atoms with Crippen LogP contribution in [-0.2, 0) is 10.2 Å². The van der Waals surface area contributed by atoms with E-state index in [1.165, 1.54) is 22.1 Å². The van der Waals surface area contributed by atoms with Gasteiger partial charge in [0.15, 0.2) is 5.17 Å². The summed E-state index contributed by atoms with van der Waals surface area (Å²) >= 11 is 7.25. The van der Waals surface area contributed by atoms with Crippen LogP contribution >= 0.6 is 23.4 Å². The van der Waals surface area contributed by atoms with Gasteiger partial charge in [-0.1, -0.05) is 60.1 Å². The first-order chi connectivity index (χ1) is 15.4. The van der Waals surface area contributed by atoms with E-state index in [4.69, 9.17) is 16.7 Å². The molecule has 2 aliphatic rings. The normalized spacial score (nSPS) is 20.5. The second-order valence-corrected chi connectivity index (χ2v) is 10.5. The predicted molar refractivity (Wildman–Crippen MR) is 129 cm³/mol. The van der Waals surface area contributed by atoms with Gasteiger partial charge in [-0.2, -0.15) is 17.8 Å². The third kappa shape index (κ3) is 5.01. The lowest BCUT2D eigenvalue weighted by Crippen LogP contribution is -2.36. The summed E-state index contributed by atoms with van der Waals surface area (Å²) < 4.78 is 46.0. The molecule has 2 aliphatic heterocycles. The zero-order valence-corrected chi connectivity index (χ0v) is 20.0. The van der Waals surface area contributed by atoms with Crippen molar-refractivity contribution < 1.29 is 12.8 Å². The van der Waals surface area contributed by atoms with Crippen LogP contribution in [0.3, 0.4) is 0 Å². The molecule has 0 spiro atoms. The fraction of sp³-hybridized carbons (Fsp3) is 0.364. The molecule has 1 fully saturated rings. The van der Waals surface area contributed by atoms with Gasteiger partial charge in [0.05, 0.1) is 18.2 Å². The first-order valence-corrected chi connectivity index (χ1v) is 13.4. The molecule has 0 radical (unpaired) electrons. The summed E-state index contributed by atoms with van der Waals surface area (Å²) in [6, 6.07) is 13.8. The molecule has 0 bridgehead atoms. The first-order valence-electron chi connectivity index (χ1n) is 10.4. The number of benzene rings is 2. The topological polar surface area (TPSA) is 65.3 Å². The largest absolute Gasteiger partial charge is 0.324 e. The average molecular weight is 495 g/mol. The second-order valence-electron chi connectivity index (χ2n) is 7.66. The quantitative estimate of drug-likeness (QED) is 0.455. The smallest absolute Gasteiger partial charge is 0.240 e. The number of hydrogen-bond donors (Lipinski definition) is 0. The van der Waals surface area contributed by atoms with Crippen molar-refractivity contribution >= 4 is 44.5 Å². The van der Waals surface area contributed by atoms with E-state index in [2.05, 4.69) is 4.40 Å². The molecular formula is C22H24ClFN4O2S2. The zero-order chi connectivity index (χ0) is 22.7. The maximum Gasteiger partial charge on any atom is 0.324 e. The summed E-state index contributed by atoms with van der Waals surface area (Å²) in [5.41, 5.74) is 1.94. The van der Waals surface area contributed by atoms with Gasteiger partial charge in [-0.25, -0.2) is 9.40 Å². The van der Waals surface area contributed by atoms with Crippen LogP contribution in [0.5, 0.6) is 0 Å². The van der Waals surface area contributed by atoms with Crippen molar-refractivity contribution in [1.29, 1.82) is 0 Å². The number of halogens is 2. The summed E-state index contributed by atoms with van der Waals surface area (Å²) in [7, 11) is -3.81. The fourth-order valence-corrected chi connectivity index (χ4v) is 6.11. The van der Waals surface area contributed by atoms with Gasteiger partial charge < -0.3 is 0 Å². The molecule has 6 nitrogen and oxygen atoms in total. The fourth-order valence-electron chi connectivity index (χ4n) is 3.95. The molecule has 0 saturated carbocycles. The standard InChI is InChI=1S/C22H24ClFN4O2S2/c1-31-22(26-32(29,30)27-13-5-2-6-14-27)28-15-19(18-7-3-4-8-20(18)24)21(25-28)16-9-11-17(23)12-10-16/h3-4,7-12,19H,2,5-6,13-15H2,1H3. The number of hydrazone groups is 1. The van der Waals surface area contributed by atoms with Crippen molar-refractivity contribution in [3.8, 4) is 0 Å². The predicted octanol–water partition coefficient (Wildman–Crippen LogP) is 4.73. The molecule has 4 rings (SSSR count). The van der Waals surface area contributed by atoms with Crippen LogP contribution in [-0.4, -0.2) is 54.5 Å². The third-order valence-corrected chi connectivity index (χ3v) is 8.03. The summed E-state index contributed by atoms with van der Waals surface area (Å²) in [5.74, 6) is -0.711. The Morgan fingerprint density at radius 1 is 1.12 bits per heavy atom. The van der Waals surface area contributed by atoms with E-state index < -0.39 is 10.2 Å². The Kier molecular flexibility index (Phi) is 7.19. The Morgan fingerprint density at radius 3 is 2.47 bits per heavy atom. The second kappa shape index (κ2) is 9.91. The molecule has 0 N–H and O–H groups in total. The number of piperidine rings is 1. The van der Waals surface area contributed by atoms with E-state index >= 15 is 0 Å². The van der Waals surface area contributed by atoms with E-state index in [1.54, 1.807) is 41.6 Å². The van der Waals surface area contributed by atoms with Crippen molar-refractivity contribution in [2.24, 2.45) is 9.50 Å². The number of hydrogen-bond acceptors (Lipinski definition) is 4. The lowest BCUT2D eigenvalue weighted by molar-refractivity contribution is 0.347. The molecule has 0 aromatic heterocycles. The summed E-state index contributed by atoms with van der Waals surface area (Å²) in [6.45, 7) is 1.24. The lowest BCUT2D eigenvalue weighted by Gasteiger charge is -2.24. The monoisotopic (exact) mass is 494 g/mol. The summed E-state index contributed by atoms with van der Waals surface area (Å²) in [5, 5.41) is 7.11. The summed E-state index contributed by atoms with van der Waals surface area (Å²) in [6.07, 6.45) is 4.46. The highest BCUT2D eigenvalue weighted by molar-refractivity contribution is 8.13. The van der Waals surface area contributed by atoms with Crippen molar-refractivity contribution in [3.05, 3.63) is 70.5 Å². The lowest BCUT2D eigenvalue weighted by atomic mass is 9.90. The molecule has 170 valence electrons. The van der Waals surface area contributed by atoms with Crippen LogP contribution in [0.15, 0.2) is 58.0 Å². The number of amidine groups is 1. The summed E-state index contributed by atoms with van der Waals surface area (Å²) in [4.78, 5) is 0. The average Bonchev–Trinajstić information content (AvgIpc) is 3.24. The number of rotatable bonds is 4. The van der Waals surface area contributed by atoms with Crippen molar-refractivity contribution in [2.75, 3.05) is 25.9 Å². The molecular weight excluding hydrogens is 471 g/mol. The van der Waals surface area contributed by atoms with Crippen LogP contribution in [0.2, 0.25) is 5.02 Å².